The minimum Gasteiger partial charge on any atom is -0.280 e. The Bertz CT molecular complexity index is 1110. The van der Waals surface area contributed by atoms with Gasteiger partial charge in [-0.25, -0.2) is 8.42 Å². The van der Waals surface area contributed by atoms with Crippen molar-refractivity contribution in [3.8, 4) is 0 Å². The van der Waals surface area contributed by atoms with Crippen molar-refractivity contribution < 1.29 is 8.42 Å². The molecule has 0 aliphatic heterocycles. The van der Waals surface area contributed by atoms with Crippen LogP contribution in [0.25, 0.3) is 0 Å². The maximum absolute atomic E-state index is 12.7. The molecule has 3 aromatic rings. The molecule has 0 fully saturated rings. The van der Waals surface area contributed by atoms with Gasteiger partial charge in [-0.05, 0) is 65.7 Å². The molecule has 9 heteroatoms. The molecule has 1 N–H and O–H groups in total. The van der Waals surface area contributed by atoms with Gasteiger partial charge in [0.25, 0.3) is 10.0 Å². The van der Waals surface area contributed by atoms with E-state index in [1.807, 2.05) is 24.6 Å². The predicted molar refractivity (Wildman–Crippen MR) is 112 cm³/mol. The highest BCUT2D eigenvalue weighted by Crippen LogP contribution is 2.27. The molecular formula is C18H16BrCl2N3O2S. The van der Waals surface area contributed by atoms with E-state index in [1.54, 1.807) is 18.2 Å². The Hall–Kier alpha value is -1.54. The summed E-state index contributed by atoms with van der Waals surface area (Å²) in [6, 6.07) is 11.5. The summed E-state index contributed by atoms with van der Waals surface area (Å²) in [4.78, 5) is -0.0652. The van der Waals surface area contributed by atoms with E-state index in [0.717, 1.165) is 21.4 Å². The Morgan fingerprint density at radius 1 is 1.15 bits per heavy atom. The predicted octanol–water partition coefficient (Wildman–Crippen LogP) is 5.42. The van der Waals surface area contributed by atoms with Crippen LogP contribution in [0.3, 0.4) is 0 Å². The van der Waals surface area contributed by atoms with E-state index in [1.165, 1.54) is 18.2 Å². The summed E-state index contributed by atoms with van der Waals surface area (Å²) in [7, 11) is -3.86. The van der Waals surface area contributed by atoms with Crippen LogP contribution in [-0.4, -0.2) is 18.2 Å². The zero-order valence-corrected chi connectivity index (χ0v) is 18.4. The van der Waals surface area contributed by atoms with Gasteiger partial charge in [-0.1, -0.05) is 35.3 Å². The zero-order valence-electron chi connectivity index (χ0n) is 14.5. The molecule has 0 bridgehead atoms. The van der Waals surface area contributed by atoms with Crippen LogP contribution < -0.4 is 4.72 Å². The van der Waals surface area contributed by atoms with Gasteiger partial charge in [0.15, 0.2) is 0 Å². The van der Waals surface area contributed by atoms with Crippen molar-refractivity contribution in [2.75, 3.05) is 4.72 Å². The first-order valence-corrected chi connectivity index (χ1v) is 11.0. The van der Waals surface area contributed by atoms with Gasteiger partial charge >= 0.3 is 0 Å². The first-order valence-electron chi connectivity index (χ1n) is 7.93. The number of benzene rings is 2. The molecule has 0 aliphatic rings. The lowest BCUT2D eigenvalue weighted by Crippen LogP contribution is -2.14. The highest BCUT2D eigenvalue weighted by Gasteiger charge is 2.19. The number of anilines is 1. The van der Waals surface area contributed by atoms with Crippen LogP contribution in [0.5, 0.6) is 0 Å². The van der Waals surface area contributed by atoms with Gasteiger partial charge in [-0.3, -0.25) is 9.40 Å². The third-order valence-corrected chi connectivity index (χ3v) is 7.23. The van der Waals surface area contributed by atoms with Crippen molar-refractivity contribution in [3.63, 3.8) is 0 Å². The summed E-state index contributed by atoms with van der Waals surface area (Å²) < 4.78 is 30.7. The second-order valence-corrected chi connectivity index (χ2v) is 9.31. The van der Waals surface area contributed by atoms with Crippen molar-refractivity contribution in [3.05, 3.63) is 73.9 Å². The van der Waals surface area contributed by atoms with E-state index in [0.29, 0.717) is 17.3 Å². The molecule has 0 unspecified atom stereocenters. The minimum absolute atomic E-state index is 0.0652. The highest BCUT2D eigenvalue weighted by molar-refractivity contribution is 9.10. The summed E-state index contributed by atoms with van der Waals surface area (Å²) in [6.07, 6.45) is 0. The summed E-state index contributed by atoms with van der Waals surface area (Å²) >= 11 is 15.4. The summed E-state index contributed by atoms with van der Waals surface area (Å²) in [5.74, 6) is 0. The van der Waals surface area contributed by atoms with Gasteiger partial charge in [0.2, 0.25) is 0 Å². The lowest BCUT2D eigenvalue weighted by molar-refractivity contribution is 0.601. The van der Waals surface area contributed by atoms with Crippen LogP contribution in [0.4, 0.5) is 5.69 Å². The van der Waals surface area contributed by atoms with E-state index in [-0.39, 0.29) is 9.92 Å². The van der Waals surface area contributed by atoms with Gasteiger partial charge in [0, 0.05) is 10.7 Å². The van der Waals surface area contributed by atoms with E-state index >= 15 is 0 Å². The molecule has 142 valence electrons. The maximum Gasteiger partial charge on any atom is 0.263 e. The molecule has 0 radical (unpaired) electrons. The standard InChI is InChI=1S/C18H16BrCl2N3O2S/c1-11-18(19)12(2)24(22-11)10-13-4-3-5-15(8-13)23-27(25,26)17-9-14(20)6-7-16(17)21/h3-9,23H,10H2,1-2H3. The minimum atomic E-state index is -3.86. The molecular weight excluding hydrogens is 473 g/mol. The Morgan fingerprint density at radius 2 is 1.89 bits per heavy atom. The van der Waals surface area contributed by atoms with Crippen molar-refractivity contribution >= 4 is 54.8 Å². The number of hydrogen-bond donors (Lipinski definition) is 1. The second kappa shape index (κ2) is 7.83. The third kappa shape index (κ3) is 4.48. The second-order valence-electron chi connectivity index (χ2n) is 6.02. The van der Waals surface area contributed by atoms with Crippen molar-refractivity contribution in [1.29, 1.82) is 0 Å². The summed E-state index contributed by atoms with van der Waals surface area (Å²) in [5.41, 5.74) is 3.25. The van der Waals surface area contributed by atoms with Gasteiger partial charge in [0.1, 0.15) is 4.90 Å². The Balaban J connectivity index is 1.87. The number of aromatic nitrogens is 2. The number of sulfonamides is 1. The number of halogens is 3. The number of hydrogen-bond acceptors (Lipinski definition) is 3. The third-order valence-electron chi connectivity index (χ3n) is 3.99. The Labute approximate surface area is 176 Å². The van der Waals surface area contributed by atoms with E-state index in [4.69, 9.17) is 23.2 Å². The van der Waals surface area contributed by atoms with Crippen LogP contribution in [0.2, 0.25) is 10.0 Å². The molecule has 0 spiro atoms. The zero-order chi connectivity index (χ0) is 19.8. The fraction of sp³-hybridized carbons (Fsp3) is 0.167. The lowest BCUT2D eigenvalue weighted by atomic mass is 10.2. The molecule has 0 atom stereocenters. The monoisotopic (exact) mass is 487 g/mol. The topological polar surface area (TPSA) is 64.0 Å². The molecule has 0 saturated heterocycles. The van der Waals surface area contributed by atoms with Crippen molar-refractivity contribution in [2.24, 2.45) is 0 Å². The maximum atomic E-state index is 12.7. The summed E-state index contributed by atoms with van der Waals surface area (Å²) in [6.45, 7) is 4.41. The molecule has 0 amide bonds. The molecule has 27 heavy (non-hydrogen) atoms. The number of nitrogens with zero attached hydrogens (tertiary/aromatic N) is 2. The molecule has 1 heterocycles. The van der Waals surface area contributed by atoms with Crippen molar-refractivity contribution in [1.82, 2.24) is 9.78 Å². The van der Waals surface area contributed by atoms with Gasteiger partial charge < -0.3 is 0 Å². The molecule has 1 aromatic heterocycles. The Morgan fingerprint density at radius 3 is 2.56 bits per heavy atom. The van der Waals surface area contributed by atoms with Crippen LogP contribution in [0.15, 0.2) is 51.8 Å². The SMILES string of the molecule is Cc1nn(Cc2cccc(NS(=O)(=O)c3cc(Cl)ccc3Cl)c2)c(C)c1Br. The number of rotatable bonds is 5. The first kappa shape index (κ1) is 20.2. The van der Waals surface area contributed by atoms with Crippen LogP contribution >= 0.6 is 39.1 Å². The van der Waals surface area contributed by atoms with E-state index in [9.17, 15) is 8.42 Å². The molecule has 2 aromatic carbocycles. The Kier molecular flexibility index (Phi) is 5.86. The molecule has 3 rings (SSSR count). The number of nitrogens with one attached hydrogen (secondary N) is 1. The quantitative estimate of drug-likeness (QED) is 0.521. The first-order chi connectivity index (χ1) is 12.7. The largest absolute Gasteiger partial charge is 0.280 e. The van der Waals surface area contributed by atoms with Crippen LogP contribution in [0, 0.1) is 13.8 Å². The molecule has 5 nitrogen and oxygen atoms in total. The lowest BCUT2D eigenvalue weighted by Gasteiger charge is -2.11. The highest BCUT2D eigenvalue weighted by atomic mass is 79.9. The van der Waals surface area contributed by atoms with E-state index < -0.39 is 10.0 Å². The van der Waals surface area contributed by atoms with Gasteiger partial charge in [-0.15, -0.1) is 0 Å². The number of aryl methyl sites for hydroxylation is 1. The van der Waals surface area contributed by atoms with Crippen molar-refractivity contribution in [2.45, 2.75) is 25.3 Å². The normalized spacial score (nSPS) is 11.6. The fourth-order valence-corrected chi connectivity index (χ4v) is 4.73. The van der Waals surface area contributed by atoms with Gasteiger partial charge in [-0.2, -0.15) is 5.10 Å². The molecule has 0 aliphatic carbocycles. The summed E-state index contributed by atoms with van der Waals surface area (Å²) in [5, 5.41) is 4.88. The smallest absolute Gasteiger partial charge is 0.263 e. The average Bonchev–Trinajstić information content (AvgIpc) is 2.84. The molecule has 0 saturated carbocycles. The van der Waals surface area contributed by atoms with E-state index in [2.05, 4.69) is 25.8 Å². The fourth-order valence-electron chi connectivity index (χ4n) is 2.63. The van der Waals surface area contributed by atoms with Crippen LogP contribution in [-0.2, 0) is 16.6 Å². The van der Waals surface area contributed by atoms with Gasteiger partial charge in [0.05, 0.1) is 27.4 Å². The van der Waals surface area contributed by atoms with Crippen LogP contribution in [0.1, 0.15) is 17.0 Å². The average molecular weight is 489 g/mol.